The van der Waals surface area contributed by atoms with Gasteiger partial charge in [-0.25, -0.2) is 0 Å². The van der Waals surface area contributed by atoms with Crippen LogP contribution in [-0.2, 0) is 4.79 Å². The summed E-state index contributed by atoms with van der Waals surface area (Å²) in [4.78, 5) is 11.3. The predicted octanol–water partition coefficient (Wildman–Crippen LogP) is 0.262. The second kappa shape index (κ2) is 7.76. The van der Waals surface area contributed by atoms with Gasteiger partial charge < -0.3 is 15.7 Å². The fraction of sp³-hybridized carbons (Fsp3) is 0.900. The Labute approximate surface area is 86.1 Å². The predicted molar refractivity (Wildman–Crippen MR) is 57.1 cm³/mol. The summed E-state index contributed by atoms with van der Waals surface area (Å²) in [5.74, 6) is -0.00810. The van der Waals surface area contributed by atoms with Gasteiger partial charge in [-0.2, -0.15) is 0 Å². The van der Waals surface area contributed by atoms with Crippen molar-refractivity contribution in [3.05, 3.63) is 0 Å². The van der Waals surface area contributed by atoms with Gasteiger partial charge in [0.15, 0.2) is 0 Å². The monoisotopic (exact) mass is 202 g/mol. The molecule has 0 saturated heterocycles. The van der Waals surface area contributed by atoms with Crippen LogP contribution in [0, 0.1) is 0 Å². The zero-order valence-corrected chi connectivity index (χ0v) is 9.34. The Balaban J connectivity index is 3.54. The van der Waals surface area contributed by atoms with Crippen LogP contribution in [0.3, 0.4) is 0 Å². The lowest BCUT2D eigenvalue weighted by Crippen LogP contribution is -2.42. The molecule has 0 aromatic rings. The molecule has 0 aliphatic heterocycles. The summed E-state index contributed by atoms with van der Waals surface area (Å²) in [6.45, 7) is 6.25. The van der Waals surface area contributed by atoms with Crippen molar-refractivity contribution >= 4 is 5.91 Å². The highest BCUT2D eigenvalue weighted by atomic mass is 16.3. The number of rotatable bonds is 7. The van der Waals surface area contributed by atoms with Crippen molar-refractivity contribution in [3.8, 4) is 0 Å². The van der Waals surface area contributed by atoms with Gasteiger partial charge in [0.1, 0.15) is 0 Å². The molecule has 0 aromatic heterocycles. The quantitative estimate of drug-likeness (QED) is 0.555. The molecule has 3 N–H and O–H groups in total. The number of aliphatic hydroxyl groups is 1. The van der Waals surface area contributed by atoms with Gasteiger partial charge in [-0.05, 0) is 20.3 Å². The van der Waals surface area contributed by atoms with Crippen molar-refractivity contribution in [2.75, 3.05) is 13.2 Å². The van der Waals surface area contributed by atoms with E-state index in [4.69, 9.17) is 5.11 Å². The van der Waals surface area contributed by atoms with Crippen LogP contribution >= 0.6 is 0 Å². The zero-order chi connectivity index (χ0) is 11.0. The van der Waals surface area contributed by atoms with E-state index in [-0.39, 0.29) is 31.1 Å². The Bertz CT molecular complexity index is 162. The Kier molecular flexibility index (Phi) is 7.42. The molecule has 0 spiro atoms. The number of carbonyl (C=O) groups excluding carboxylic acids is 1. The van der Waals surface area contributed by atoms with Gasteiger partial charge in [-0.3, -0.25) is 4.79 Å². The normalized spacial score (nSPS) is 14.9. The first-order valence-electron chi connectivity index (χ1n) is 5.23. The summed E-state index contributed by atoms with van der Waals surface area (Å²) in [5, 5.41) is 14.5. The highest BCUT2D eigenvalue weighted by Gasteiger charge is 2.07. The van der Waals surface area contributed by atoms with Crippen LogP contribution in [0.4, 0.5) is 0 Å². The second-order valence-electron chi connectivity index (χ2n) is 3.72. The standard InChI is InChI=1S/C10H22N2O2/c1-4-5-8(2)12-10(14)6-11-9(3)7-13/h8-9,11,13H,4-7H2,1-3H3,(H,12,14). The minimum atomic E-state index is -0.0257. The van der Waals surface area contributed by atoms with Crippen molar-refractivity contribution in [1.29, 1.82) is 0 Å². The smallest absolute Gasteiger partial charge is 0.234 e. The molecule has 4 nitrogen and oxygen atoms in total. The Morgan fingerprint density at radius 2 is 2.00 bits per heavy atom. The van der Waals surface area contributed by atoms with Gasteiger partial charge in [0.05, 0.1) is 13.2 Å². The highest BCUT2D eigenvalue weighted by Crippen LogP contribution is 1.93. The molecule has 0 bridgehead atoms. The van der Waals surface area contributed by atoms with Crippen LogP contribution in [0.5, 0.6) is 0 Å². The number of carbonyl (C=O) groups is 1. The second-order valence-corrected chi connectivity index (χ2v) is 3.72. The van der Waals surface area contributed by atoms with E-state index in [2.05, 4.69) is 17.6 Å². The summed E-state index contributed by atoms with van der Waals surface area (Å²) in [6, 6.07) is 0.209. The number of hydrogen-bond donors (Lipinski definition) is 3. The van der Waals surface area contributed by atoms with Crippen LogP contribution in [0.2, 0.25) is 0 Å². The Morgan fingerprint density at radius 3 is 2.50 bits per heavy atom. The fourth-order valence-corrected chi connectivity index (χ4v) is 1.16. The topological polar surface area (TPSA) is 61.4 Å². The summed E-state index contributed by atoms with van der Waals surface area (Å²) in [5.41, 5.74) is 0. The van der Waals surface area contributed by atoms with Gasteiger partial charge in [0.25, 0.3) is 0 Å². The summed E-state index contributed by atoms with van der Waals surface area (Å²) in [6.07, 6.45) is 2.07. The lowest BCUT2D eigenvalue weighted by molar-refractivity contribution is -0.121. The van der Waals surface area contributed by atoms with E-state index < -0.39 is 0 Å². The lowest BCUT2D eigenvalue weighted by Gasteiger charge is -2.14. The van der Waals surface area contributed by atoms with E-state index >= 15 is 0 Å². The summed E-state index contributed by atoms with van der Waals surface area (Å²) < 4.78 is 0. The molecule has 0 rings (SSSR count). The van der Waals surface area contributed by atoms with Crippen molar-refractivity contribution in [1.82, 2.24) is 10.6 Å². The third-order valence-corrected chi connectivity index (χ3v) is 2.01. The Morgan fingerprint density at radius 1 is 1.36 bits per heavy atom. The maximum absolute atomic E-state index is 11.3. The SMILES string of the molecule is CCCC(C)NC(=O)CNC(C)CO. The first-order valence-corrected chi connectivity index (χ1v) is 5.23. The first-order chi connectivity index (χ1) is 6.60. The molecule has 84 valence electrons. The molecule has 0 aromatic carbocycles. The van der Waals surface area contributed by atoms with Crippen LogP contribution in [0.25, 0.3) is 0 Å². The van der Waals surface area contributed by atoms with Crippen molar-refractivity contribution in [3.63, 3.8) is 0 Å². The maximum atomic E-state index is 11.3. The van der Waals surface area contributed by atoms with E-state index in [0.29, 0.717) is 0 Å². The molecule has 1 amide bonds. The molecule has 0 radical (unpaired) electrons. The van der Waals surface area contributed by atoms with Gasteiger partial charge in [0, 0.05) is 12.1 Å². The third kappa shape index (κ3) is 6.86. The summed E-state index contributed by atoms with van der Waals surface area (Å²) >= 11 is 0. The molecular formula is C10H22N2O2. The molecule has 0 heterocycles. The van der Waals surface area contributed by atoms with Gasteiger partial charge in [-0.15, -0.1) is 0 Å². The molecular weight excluding hydrogens is 180 g/mol. The van der Waals surface area contributed by atoms with Crippen LogP contribution in [0.1, 0.15) is 33.6 Å². The molecule has 0 aliphatic rings. The van der Waals surface area contributed by atoms with Gasteiger partial charge in [-0.1, -0.05) is 13.3 Å². The average molecular weight is 202 g/mol. The molecule has 4 heteroatoms. The molecule has 0 aliphatic carbocycles. The van der Waals surface area contributed by atoms with Crippen LogP contribution in [-0.4, -0.2) is 36.2 Å². The minimum absolute atomic E-state index is 0.00810. The van der Waals surface area contributed by atoms with Crippen molar-refractivity contribution in [2.45, 2.75) is 45.7 Å². The largest absolute Gasteiger partial charge is 0.395 e. The highest BCUT2D eigenvalue weighted by molar-refractivity contribution is 5.78. The van der Waals surface area contributed by atoms with Crippen LogP contribution < -0.4 is 10.6 Å². The number of nitrogens with one attached hydrogen (secondary N) is 2. The average Bonchev–Trinajstić information content (AvgIpc) is 2.14. The first kappa shape index (κ1) is 13.4. The van der Waals surface area contributed by atoms with Crippen LogP contribution in [0.15, 0.2) is 0 Å². The summed E-state index contributed by atoms with van der Waals surface area (Å²) in [7, 11) is 0. The Hall–Kier alpha value is -0.610. The minimum Gasteiger partial charge on any atom is -0.395 e. The maximum Gasteiger partial charge on any atom is 0.234 e. The molecule has 2 unspecified atom stereocenters. The van der Waals surface area contributed by atoms with Crippen molar-refractivity contribution < 1.29 is 9.90 Å². The van der Waals surface area contributed by atoms with Gasteiger partial charge in [0.2, 0.25) is 5.91 Å². The number of amides is 1. The van der Waals surface area contributed by atoms with E-state index in [1.807, 2.05) is 13.8 Å². The zero-order valence-electron chi connectivity index (χ0n) is 9.34. The van der Waals surface area contributed by atoms with Crippen molar-refractivity contribution in [2.24, 2.45) is 0 Å². The van der Waals surface area contributed by atoms with E-state index in [9.17, 15) is 4.79 Å². The third-order valence-electron chi connectivity index (χ3n) is 2.01. The molecule has 0 saturated carbocycles. The lowest BCUT2D eigenvalue weighted by atomic mass is 10.2. The van der Waals surface area contributed by atoms with E-state index in [0.717, 1.165) is 12.8 Å². The molecule has 14 heavy (non-hydrogen) atoms. The van der Waals surface area contributed by atoms with Gasteiger partial charge >= 0.3 is 0 Å². The number of hydrogen-bond acceptors (Lipinski definition) is 3. The molecule has 2 atom stereocenters. The van der Waals surface area contributed by atoms with E-state index in [1.54, 1.807) is 0 Å². The molecule has 0 fully saturated rings. The fourth-order valence-electron chi connectivity index (χ4n) is 1.16. The van der Waals surface area contributed by atoms with E-state index in [1.165, 1.54) is 0 Å². The number of aliphatic hydroxyl groups excluding tert-OH is 1.